The number of amides is 1. The van der Waals surface area contributed by atoms with E-state index >= 15 is 0 Å². The van der Waals surface area contributed by atoms with Gasteiger partial charge in [-0.25, -0.2) is 0 Å². The fourth-order valence-electron chi connectivity index (χ4n) is 4.47. The van der Waals surface area contributed by atoms with Gasteiger partial charge in [0.25, 0.3) is 0 Å². The van der Waals surface area contributed by atoms with Gasteiger partial charge in [-0.05, 0) is 48.4 Å². The van der Waals surface area contributed by atoms with Crippen LogP contribution in [0, 0.1) is 5.41 Å². The van der Waals surface area contributed by atoms with E-state index in [1.54, 1.807) is 6.07 Å². The zero-order valence-electron chi connectivity index (χ0n) is 15.9. The van der Waals surface area contributed by atoms with Crippen molar-refractivity contribution in [3.05, 3.63) is 76.9 Å². The molecule has 28 heavy (non-hydrogen) atoms. The van der Waals surface area contributed by atoms with Crippen LogP contribution in [0.25, 0.3) is 6.08 Å². The molecule has 1 aliphatic heterocycles. The van der Waals surface area contributed by atoms with Gasteiger partial charge >= 0.3 is 0 Å². The molecule has 2 aromatic rings. The summed E-state index contributed by atoms with van der Waals surface area (Å²) < 4.78 is 0. The van der Waals surface area contributed by atoms with E-state index in [0.29, 0.717) is 18.5 Å². The Morgan fingerprint density at radius 3 is 2.71 bits per heavy atom. The molecule has 1 amide bonds. The van der Waals surface area contributed by atoms with Crippen molar-refractivity contribution in [1.82, 2.24) is 4.90 Å². The number of ketones is 1. The second-order valence-electron chi connectivity index (χ2n) is 7.84. The quantitative estimate of drug-likeness (QED) is 0.816. The zero-order valence-corrected chi connectivity index (χ0v) is 15.9. The van der Waals surface area contributed by atoms with Gasteiger partial charge in [-0.3, -0.25) is 9.59 Å². The number of hydrogen-bond donors (Lipinski definition) is 1. The van der Waals surface area contributed by atoms with E-state index in [-0.39, 0.29) is 17.1 Å². The van der Waals surface area contributed by atoms with Crippen LogP contribution >= 0.6 is 0 Å². The Morgan fingerprint density at radius 2 is 1.93 bits per heavy atom. The highest BCUT2D eigenvalue weighted by atomic mass is 16.3. The molecule has 1 atom stereocenters. The number of hydrogen-bond acceptors (Lipinski definition) is 3. The van der Waals surface area contributed by atoms with E-state index in [1.165, 1.54) is 5.56 Å². The van der Waals surface area contributed by atoms with Gasteiger partial charge in [0.1, 0.15) is 6.61 Å². The highest BCUT2D eigenvalue weighted by molar-refractivity contribution is 5.97. The number of nitrogens with zero attached hydrogens (tertiary/aromatic N) is 1. The molecule has 2 aliphatic rings. The van der Waals surface area contributed by atoms with Crippen LogP contribution in [0.3, 0.4) is 0 Å². The maximum atomic E-state index is 13.2. The van der Waals surface area contributed by atoms with Crippen LogP contribution in [0.5, 0.6) is 0 Å². The Hall–Kier alpha value is -2.72. The van der Waals surface area contributed by atoms with Crippen molar-refractivity contribution < 1.29 is 14.7 Å². The Labute approximate surface area is 165 Å². The number of likely N-dealkylation sites (tertiary alicyclic amines) is 1. The topological polar surface area (TPSA) is 57.6 Å². The Bertz CT molecular complexity index is 919. The van der Waals surface area contributed by atoms with Crippen LogP contribution in [-0.2, 0) is 17.6 Å². The average molecular weight is 375 g/mol. The number of benzene rings is 2. The van der Waals surface area contributed by atoms with E-state index in [2.05, 4.69) is 12.2 Å². The number of aliphatic hydroxyl groups excluding tert-OH is 1. The summed E-state index contributed by atoms with van der Waals surface area (Å²) in [6, 6.07) is 15.7. The van der Waals surface area contributed by atoms with E-state index in [9.17, 15) is 9.59 Å². The van der Waals surface area contributed by atoms with Gasteiger partial charge in [-0.15, -0.1) is 0 Å². The highest BCUT2D eigenvalue weighted by Crippen LogP contribution is 2.43. The monoisotopic (exact) mass is 375 g/mol. The maximum Gasteiger partial charge on any atom is 0.229 e. The molecule has 1 saturated heterocycles. The van der Waals surface area contributed by atoms with Crippen LogP contribution < -0.4 is 0 Å². The predicted octanol–water partition coefficient (Wildman–Crippen LogP) is 3.28. The molecule has 4 heteroatoms. The van der Waals surface area contributed by atoms with Crippen LogP contribution in [0.1, 0.15) is 39.9 Å². The first-order valence-electron chi connectivity index (χ1n) is 9.88. The first kappa shape index (κ1) is 18.6. The number of rotatable bonds is 5. The highest BCUT2D eigenvalue weighted by Gasteiger charge is 2.47. The van der Waals surface area contributed by atoms with E-state index < -0.39 is 6.61 Å². The third kappa shape index (κ3) is 3.52. The normalized spacial score (nSPS) is 21.5. The minimum Gasteiger partial charge on any atom is -0.388 e. The molecule has 1 N–H and O–H groups in total. The van der Waals surface area contributed by atoms with Crippen LogP contribution in [-0.4, -0.2) is 41.4 Å². The van der Waals surface area contributed by atoms with Crippen molar-refractivity contribution in [3.8, 4) is 0 Å². The number of carbonyl (C=O) groups is 2. The third-order valence-electron chi connectivity index (χ3n) is 6.11. The largest absolute Gasteiger partial charge is 0.388 e. The molecule has 0 aromatic heterocycles. The summed E-state index contributed by atoms with van der Waals surface area (Å²) in [5.74, 6) is -0.0393. The molecule has 144 valence electrons. The number of carbonyl (C=O) groups excluding carboxylic acids is 2. The number of Topliss-reactive ketones (excluding diaryl/α,β-unsaturated/α-hetero) is 1. The van der Waals surface area contributed by atoms with Gasteiger partial charge in [0.05, 0.1) is 5.41 Å². The van der Waals surface area contributed by atoms with Gasteiger partial charge in [-0.2, -0.15) is 0 Å². The summed E-state index contributed by atoms with van der Waals surface area (Å²) in [5.41, 5.74) is 3.63. The Morgan fingerprint density at radius 1 is 1.11 bits per heavy atom. The fourth-order valence-corrected chi connectivity index (χ4v) is 4.47. The first-order valence-corrected chi connectivity index (χ1v) is 9.88. The van der Waals surface area contributed by atoms with Crippen molar-refractivity contribution in [2.24, 2.45) is 5.41 Å². The van der Waals surface area contributed by atoms with Crippen molar-refractivity contribution in [3.63, 3.8) is 0 Å². The third-order valence-corrected chi connectivity index (χ3v) is 6.11. The van der Waals surface area contributed by atoms with Gasteiger partial charge in [-0.1, -0.05) is 54.6 Å². The molecule has 1 aliphatic carbocycles. The molecule has 1 heterocycles. The molecule has 2 aromatic carbocycles. The molecule has 0 radical (unpaired) electrons. The SMILES string of the molecule is O=C(CO)c1ccc2c(c1)C[C@@]1(CC2)CCN(C/C=C/c2ccccc2)C1=O. The summed E-state index contributed by atoms with van der Waals surface area (Å²) in [4.78, 5) is 27.0. The van der Waals surface area contributed by atoms with E-state index in [0.717, 1.165) is 36.9 Å². The zero-order chi connectivity index (χ0) is 19.6. The molecule has 0 saturated carbocycles. The molecule has 1 fully saturated rings. The Kier molecular flexibility index (Phi) is 5.14. The van der Waals surface area contributed by atoms with Gasteiger partial charge in [0.15, 0.2) is 5.78 Å². The van der Waals surface area contributed by atoms with Crippen LogP contribution in [0.2, 0.25) is 0 Å². The molecule has 1 spiro atoms. The van der Waals surface area contributed by atoms with E-state index in [1.807, 2.05) is 47.4 Å². The minimum absolute atomic E-state index is 0.231. The van der Waals surface area contributed by atoms with Crippen LogP contribution in [0.4, 0.5) is 0 Å². The first-order chi connectivity index (χ1) is 13.6. The van der Waals surface area contributed by atoms with Crippen molar-refractivity contribution in [1.29, 1.82) is 0 Å². The minimum atomic E-state index is -0.482. The second kappa shape index (κ2) is 7.72. The predicted molar refractivity (Wildman–Crippen MR) is 109 cm³/mol. The lowest BCUT2D eigenvalue weighted by Crippen LogP contribution is -2.38. The summed E-state index contributed by atoms with van der Waals surface area (Å²) in [6.45, 7) is 0.929. The molecule has 4 nitrogen and oxygen atoms in total. The molecular formula is C24H25NO3. The maximum absolute atomic E-state index is 13.2. The molecular weight excluding hydrogens is 350 g/mol. The average Bonchev–Trinajstić information content (AvgIpc) is 3.03. The fraction of sp³-hybridized carbons (Fsp3) is 0.333. The van der Waals surface area contributed by atoms with Crippen molar-refractivity contribution >= 4 is 17.8 Å². The van der Waals surface area contributed by atoms with Gasteiger partial charge < -0.3 is 10.0 Å². The number of aryl methyl sites for hydroxylation is 1. The van der Waals surface area contributed by atoms with Crippen molar-refractivity contribution in [2.45, 2.75) is 25.7 Å². The van der Waals surface area contributed by atoms with Crippen LogP contribution in [0.15, 0.2) is 54.6 Å². The van der Waals surface area contributed by atoms with E-state index in [4.69, 9.17) is 5.11 Å². The van der Waals surface area contributed by atoms with Crippen molar-refractivity contribution in [2.75, 3.05) is 19.7 Å². The van der Waals surface area contributed by atoms with Gasteiger partial charge in [0, 0.05) is 18.7 Å². The smallest absolute Gasteiger partial charge is 0.229 e. The molecule has 0 unspecified atom stereocenters. The second-order valence-corrected chi connectivity index (χ2v) is 7.84. The summed E-state index contributed by atoms with van der Waals surface area (Å²) in [6.07, 6.45) is 7.39. The Balaban J connectivity index is 1.47. The summed E-state index contributed by atoms with van der Waals surface area (Å²) in [7, 11) is 0. The number of fused-ring (bicyclic) bond motifs is 1. The number of aliphatic hydroxyl groups is 1. The summed E-state index contributed by atoms with van der Waals surface area (Å²) >= 11 is 0. The molecule has 0 bridgehead atoms. The molecule has 4 rings (SSSR count). The lowest BCUT2D eigenvalue weighted by atomic mass is 9.70. The standard InChI is InChI=1S/C24H25NO3/c26-17-22(27)20-9-8-19-10-11-24(16-21(19)15-20)12-14-25(23(24)28)13-4-7-18-5-2-1-3-6-18/h1-9,15,26H,10-14,16-17H2/b7-4+/t24-/m1/s1. The lowest BCUT2D eigenvalue weighted by Gasteiger charge is -2.33. The lowest BCUT2D eigenvalue weighted by molar-refractivity contribution is -0.136. The summed E-state index contributed by atoms with van der Waals surface area (Å²) in [5, 5.41) is 9.12. The van der Waals surface area contributed by atoms with Gasteiger partial charge in [0.2, 0.25) is 5.91 Å².